The number of hydrogen-bond acceptors (Lipinski definition) is 2. The Balaban J connectivity index is 1.91. The molecule has 1 aliphatic rings. The summed E-state index contributed by atoms with van der Waals surface area (Å²) in [5, 5.41) is 3.28. The molecule has 0 aliphatic carbocycles. The first-order valence-corrected chi connectivity index (χ1v) is 5.63. The fraction of sp³-hybridized carbons (Fsp3) is 0.462. The zero-order valence-electron chi connectivity index (χ0n) is 8.91. The van der Waals surface area contributed by atoms with Crippen molar-refractivity contribution in [3.8, 4) is 0 Å². The molecular formula is C13H17NO. The maximum atomic E-state index is 11.9. The summed E-state index contributed by atoms with van der Waals surface area (Å²) in [6.07, 6.45) is 2.77. The number of Topliss-reactive ketones (excluding diaryl/α,β-unsaturated/α-hetero) is 1. The molecule has 0 spiro atoms. The molecule has 0 bridgehead atoms. The van der Waals surface area contributed by atoms with E-state index in [1.807, 2.05) is 30.3 Å². The van der Waals surface area contributed by atoms with Gasteiger partial charge in [0.1, 0.15) is 5.78 Å². The molecule has 1 N–H and O–H groups in total. The van der Waals surface area contributed by atoms with Crippen LogP contribution in [0.3, 0.4) is 0 Å². The van der Waals surface area contributed by atoms with E-state index in [9.17, 15) is 4.79 Å². The molecule has 0 unspecified atom stereocenters. The van der Waals surface area contributed by atoms with Crippen LogP contribution in [0.2, 0.25) is 0 Å². The zero-order valence-corrected chi connectivity index (χ0v) is 8.91. The molecule has 1 saturated heterocycles. The van der Waals surface area contributed by atoms with Gasteiger partial charge in [-0.05, 0) is 24.9 Å². The van der Waals surface area contributed by atoms with E-state index < -0.39 is 0 Å². The normalized spacial score (nSPS) is 21.2. The quantitative estimate of drug-likeness (QED) is 0.811. The lowest BCUT2D eigenvalue weighted by Crippen LogP contribution is -2.35. The Hall–Kier alpha value is -1.15. The van der Waals surface area contributed by atoms with Crippen molar-refractivity contribution in [2.45, 2.75) is 19.3 Å². The van der Waals surface area contributed by atoms with E-state index in [-0.39, 0.29) is 5.92 Å². The smallest absolute Gasteiger partial charge is 0.141 e. The summed E-state index contributed by atoms with van der Waals surface area (Å²) < 4.78 is 0. The highest BCUT2D eigenvalue weighted by Crippen LogP contribution is 2.13. The first kappa shape index (κ1) is 10.4. The predicted octanol–water partition coefficient (Wildman–Crippen LogP) is 1.80. The van der Waals surface area contributed by atoms with Crippen LogP contribution in [0.4, 0.5) is 0 Å². The summed E-state index contributed by atoms with van der Waals surface area (Å²) in [7, 11) is 0. The van der Waals surface area contributed by atoms with Gasteiger partial charge in [0.05, 0.1) is 0 Å². The molecule has 0 amide bonds. The van der Waals surface area contributed by atoms with Gasteiger partial charge in [-0.3, -0.25) is 4.79 Å². The molecule has 1 aromatic carbocycles. The van der Waals surface area contributed by atoms with E-state index in [0.717, 1.165) is 31.5 Å². The molecule has 2 heteroatoms. The van der Waals surface area contributed by atoms with E-state index in [2.05, 4.69) is 5.32 Å². The van der Waals surface area contributed by atoms with Gasteiger partial charge in [-0.15, -0.1) is 0 Å². The first-order valence-electron chi connectivity index (χ1n) is 5.63. The minimum Gasteiger partial charge on any atom is -0.316 e. The van der Waals surface area contributed by atoms with Gasteiger partial charge in [0, 0.05) is 18.9 Å². The van der Waals surface area contributed by atoms with Crippen LogP contribution < -0.4 is 5.32 Å². The third kappa shape index (κ3) is 2.90. The second-order valence-corrected chi connectivity index (χ2v) is 4.17. The van der Waals surface area contributed by atoms with Crippen LogP contribution >= 0.6 is 0 Å². The number of ketones is 1. The average Bonchev–Trinajstić information content (AvgIpc) is 2.31. The van der Waals surface area contributed by atoms with Gasteiger partial charge in [-0.25, -0.2) is 0 Å². The number of benzene rings is 1. The van der Waals surface area contributed by atoms with Crippen LogP contribution in [0.15, 0.2) is 30.3 Å². The minimum atomic E-state index is 0.235. The number of rotatable bonds is 3. The van der Waals surface area contributed by atoms with E-state index in [1.54, 1.807) is 0 Å². The van der Waals surface area contributed by atoms with Crippen molar-refractivity contribution >= 4 is 5.78 Å². The highest BCUT2D eigenvalue weighted by molar-refractivity contribution is 5.83. The molecule has 1 fully saturated rings. The van der Waals surface area contributed by atoms with Crippen molar-refractivity contribution in [1.82, 2.24) is 5.32 Å². The Morgan fingerprint density at radius 1 is 1.33 bits per heavy atom. The van der Waals surface area contributed by atoms with Crippen molar-refractivity contribution < 1.29 is 4.79 Å². The number of carbonyl (C=O) groups excluding carboxylic acids is 1. The summed E-state index contributed by atoms with van der Waals surface area (Å²) in [5.41, 5.74) is 1.13. The van der Waals surface area contributed by atoms with Gasteiger partial charge in [0.2, 0.25) is 0 Å². The van der Waals surface area contributed by atoms with Crippen LogP contribution in [-0.2, 0) is 11.2 Å². The Morgan fingerprint density at radius 3 is 2.80 bits per heavy atom. The lowest BCUT2D eigenvalue weighted by atomic mass is 9.91. The monoisotopic (exact) mass is 203 g/mol. The van der Waals surface area contributed by atoms with Gasteiger partial charge < -0.3 is 5.32 Å². The minimum absolute atomic E-state index is 0.235. The molecule has 1 atom stereocenters. The van der Waals surface area contributed by atoms with Gasteiger partial charge in [-0.2, -0.15) is 0 Å². The van der Waals surface area contributed by atoms with Gasteiger partial charge in [0.25, 0.3) is 0 Å². The molecule has 2 nitrogen and oxygen atoms in total. The highest BCUT2D eigenvalue weighted by Gasteiger charge is 2.20. The van der Waals surface area contributed by atoms with E-state index in [0.29, 0.717) is 12.2 Å². The molecule has 1 aliphatic heterocycles. The Labute approximate surface area is 90.7 Å². The summed E-state index contributed by atoms with van der Waals surface area (Å²) >= 11 is 0. The van der Waals surface area contributed by atoms with Gasteiger partial charge in [0.15, 0.2) is 0 Å². The molecule has 2 rings (SSSR count). The standard InChI is InChI=1S/C13H17NO/c15-13(12-7-4-8-14-10-12)9-11-5-2-1-3-6-11/h1-3,5-6,12,14H,4,7-10H2/t12-/m1/s1. The molecule has 0 saturated carbocycles. The number of piperidine rings is 1. The van der Waals surface area contributed by atoms with Crippen LogP contribution in [0.1, 0.15) is 18.4 Å². The number of carbonyl (C=O) groups is 1. The molecule has 15 heavy (non-hydrogen) atoms. The molecule has 0 radical (unpaired) electrons. The predicted molar refractivity (Wildman–Crippen MR) is 60.7 cm³/mol. The fourth-order valence-corrected chi connectivity index (χ4v) is 2.07. The second kappa shape index (κ2) is 5.08. The lowest BCUT2D eigenvalue weighted by Gasteiger charge is -2.21. The Bertz CT molecular complexity index is 315. The van der Waals surface area contributed by atoms with Gasteiger partial charge in [-0.1, -0.05) is 30.3 Å². The molecule has 1 heterocycles. The highest BCUT2D eigenvalue weighted by atomic mass is 16.1. The van der Waals surface area contributed by atoms with Crippen molar-refractivity contribution in [1.29, 1.82) is 0 Å². The third-order valence-electron chi connectivity index (χ3n) is 2.97. The second-order valence-electron chi connectivity index (χ2n) is 4.17. The van der Waals surface area contributed by atoms with Crippen LogP contribution in [0, 0.1) is 5.92 Å². The summed E-state index contributed by atoms with van der Waals surface area (Å²) in [6.45, 7) is 1.93. The Kier molecular flexibility index (Phi) is 3.51. The van der Waals surface area contributed by atoms with Crippen LogP contribution in [0.5, 0.6) is 0 Å². The molecule has 1 aromatic rings. The average molecular weight is 203 g/mol. The maximum absolute atomic E-state index is 11.9. The van der Waals surface area contributed by atoms with Crippen molar-refractivity contribution in [3.63, 3.8) is 0 Å². The van der Waals surface area contributed by atoms with Crippen LogP contribution in [-0.4, -0.2) is 18.9 Å². The maximum Gasteiger partial charge on any atom is 0.141 e. The van der Waals surface area contributed by atoms with Crippen molar-refractivity contribution in [3.05, 3.63) is 35.9 Å². The molecule has 80 valence electrons. The Morgan fingerprint density at radius 2 is 2.13 bits per heavy atom. The summed E-state index contributed by atoms with van der Waals surface area (Å²) in [5.74, 6) is 0.618. The molecule has 0 aromatic heterocycles. The summed E-state index contributed by atoms with van der Waals surface area (Å²) in [4.78, 5) is 11.9. The number of nitrogens with one attached hydrogen (secondary N) is 1. The van der Waals surface area contributed by atoms with E-state index in [4.69, 9.17) is 0 Å². The number of hydrogen-bond donors (Lipinski definition) is 1. The zero-order chi connectivity index (χ0) is 10.5. The third-order valence-corrected chi connectivity index (χ3v) is 2.97. The van der Waals surface area contributed by atoms with E-state index >= 15 is 0 Å². The van der Waals surface area contributed by atoms with Crippen molar-refractivity contribution in [2.75, 3.05) is 13.1 Å². The lowest BCUT2D eigenvalue weighted by molar-refractivity contribution is -0.122. The summed E-state index contributed by atoms with van der Waals surface area (Å²) in [6, 6.07) is 10.0. The topological polar surface area (TPSA) is 29.1 Å². The fourth-order valence-electron chi connectivity index (χ4n) is 2.07. The molecular weight excluding hydrogens is 186 g/mol. The largest absolute Gasteiger partial charge is 0.316 e. The first-order chi connectivity index (χ1) is 7.36. The van der Waals surface area contributed by atoms with E-state index in [1.165, 1.54) is 0 Å². The SMILES string of the molecule is O=C(Cc1ccccc1)[C@@H]1CCCNC1. The van der Waals surface area contributed by atoms with Gasteiger partial charge >= 0.3 is 0 Å². The van der Waals surface area contributed by atoms with Crippen LogP contribution in [0.25, 0.3) is 0 Å². The van der Waals surface area contributed by atoms with Crippen molar-refractivity contribution in [2.24, 2.45) is 5.92 Å².